The molecule has 0 amide bonds. The third-order valence-electron chi connectivity index (χ3n) is 4.14. The van der Waals surface area contributed by atoms with Crippen molar-refractivity contribution in [3.8, 4) is 0 Å². The molecule has 3 nitrogen and oxygen atoms in total. The largest absolute Gasteiger partial charge is 0.312 e. The summed E-state index contributed by atoms with van der Waals surface area (Å²) >= 11 is 0. The van der Waals surface area contributed by atoms with Gasteiger partial charge in [-0.3, -0.25) is 4.79 Å². The lowest BCUT2D eigenvalue weighted by molar-refractivity contribution is 0.546. The molecular weight excluding hydrogens is 236 g/mol. The average molecular weight is 260 g/mol. The molecule has 0 bridgehead atoms. The van der Waals surface area contributed by atoms with Gasteiger partial charge in [-0.1, -0.05) is 13.8 Å². The Bertz CT molecular complexity index is 526. The van der Waals surface area contributed by atoms with Gasteiger partial charge >= 0.3 is 0 Å². The first kappa shape index (κ1) is 12.9. The maximum absolute atomic E-state index is 12.6. The molecule has 1 N–H and O–H groups in total. The van der Waals surface area contributed by atoms with Crippen LogP contribution in [0.25, 0.3) is 0 Å². The lowest BCUT2D eigenvalue weighted by Gasteiger charge is -2.15. The molecule has 1 aromatic rings. The molecule has 0 spiro atoms. The van der Waals surface area contributed by atoms with Crippen LogP contribution in [0.3, 0.4) is 0 Å². The fourth-order valence-corrected chi connectivity index (χ4v) is 3.07. The number of pyridine rings is 1. The van der Waals surface area contributed by atoms with Crippen molar-refractivity contribution >= 4 is 0 Å². The van der Waals surface area contributed by atoms with Crippen LogP contribution in [0, 0.1) is 5.92 Å². The zero-order chi connectivity index (χ0) is 13.4. The van der Waals surface area contributed by atoms with Crippen LogP contribution in [-0.4, -0.2) is 11.1 Å². The van der Waals surface area contributed by atoms with Gasteiger partial charge in [-0.25, -0.2) is 0 Å². The first-order valence-corrected chi connectivity index (χ1v) is 7.63. The van der Waals surface area contributed by atoms with E-state index in [-0.39, 0.29) is 5.56 Å². The first-order chi connectivity index (χ1) is 9.16. The Balaban J connectivity index is 1.88. The topological polar surface area (TPSA) is 34.0 Å². The zero-order valence-corrected chi connectivity index (χ0v) is 12.0. The summed E-state index contributed by atoms with van der Waals surface area (Å²) in [6.07, 6.45) is 5.84. The Hall–Kier alpha value is -1.09. The molecule has 1 aromatic heterocycles. The quantitative estimate of drug-likeness (QED) is 0.882. The van der Waals surface area contributed by atoms with Gasteiger partial charge in [0, 0.05) is 23.8 Å². The van der Waals surface area contributed by atoms with Crippen molar-refractivity contribution in [3.63, 3.8) is 0 Å². The number of aromatic nitrogens is 1. The van der Waals surface area contributed by atoms with E-state index in [9.17, 15) is 4.79 Å². The van der Waals surface area contributed by atoms with Gasteiger partial charge in [0.15, 0.2) is 0 Å². The molecule has 0 aliphatic heterocycles. The molecule has 2 aliphatic carbocycles. The smallest absolute Gasteiger partial charge is 0.255 e. The van der Waals surface area contributed by atoms with Gasteiger partial charge in [-0.2, -0.15) is 0 Å². The summed E-state index contributed by atoms with van der Waals surface area (Å²) in [5.41, 5.74) is 3.99. The molecule has 19 heavy (non-hydrogen) atoms. The molecule has 0 saturated heterocycles. The lowest BCUT2D eigenvalue weighted by atomic mass is 10.1. The molecule has 1 heterocycles. The monoisotopic (exact) mass is 260 g/mol. The van der Waals surface area contributed by atoms with Gasteiger partial charge in [-0.05, 0) is 56.2 Å². The minimum Gasteiger partial charge on any atom is -0.312 e. The summed E-state index contributed by atoms with van der Waals surface area (Å²) in [6.45, 7) is 6.08. The summed E-state index contributed by atoms with van der Waals surface area (Å²) in [6, 6.07) is 2.67. The first-order valence-electron chi connectivity index (χ1n) is 7.63. The molecular formula is C16H24N2O. The van der Waals surface area contributed by atoms with Crippen molar-refractivity contribution in [2.45, 2.75) is 58.5 Å². The van der Waals surface area contributed by atoms with E-state index in [4.69, 9.17) is 0 Å². The standard InChI is InChI=1S/C16H24N2O/c1-11(2)9-17-10-13-8-12-4-3-5-15(12)18(16(13)19)14-6-7-14/h8,11,14,17H,3-7,9-10H2,1-2H3. The summed E-state index contributed by atoms with van der Waals surface area (Å²) < 4.78 is 2.12. The number of nitrogens with one attached hydrogen (secondary N) is 1. The third kappa shape index (κ3) is 2.62. The minimum absolute atomic E-state index is 0.263. The highest BCUT2D eigenvalue weighted by molar-refractivity contribution is 5.31. The summed E-state index contributed by atoms with van der Waals surface area (Å²) in [5.74, 6) is 0.625. The van der Waals surface area contributed by atoms with Crippen LogP contribution in [0.15, 0.2) is 10.9 Å². The highest BCUT2D eigenvalue weighted by atomic mass is 16.1. The van der Waals surface area contributed by atoms with E-state index in [0.29, 0.717) is 12.0 Å². The van der Waals surface area contributed by atoms with E-state index in [2.05, 4.69) is 29.8 Å². The summed E-state index contributed by atoms with van der Waals surface area (Å²) in [5, 5.41) is 3.41. The average Bonchev–Trinajstić information content (AvgIpc) is 3.08. The Labute approximate surface area is 115 Å². The van der Waals surface area contributed by atoms with E-state index in [1.54, 1.807) is 0 Å². The highest BCUT2D eigenvalue weighted by Crippen LogP contribution is 2.37. The highest BCUT2D eigenvalue weighted by Gasteiger charge is 2.30. The molecule has 1 fully saturated rings. The molecule has 0 aromatic carbocycles. The van der Waals surface area contributed by atoms with E-state index in [1.807, 2.05) is 0 Å². The fourth-order valence-electron chi connectivity index (χ4n) is 3.07. The Morgan fingerprint density at radius 2 is 2.16 bits per heavy atom. The van der Waals surface area contributed by atoms with Crippen molar-refractivity contribution in [1.82, 2.24) is 9.88 Å². The van der Waals surface area contributed by atoms with Crippen LogP contribution in [0.1, 0.15) is 56.0 Å². The van der Waals surface area contributed by atoms with Crippen molar-refractivity contribution in [1.29, 1.82) is 0 Å². The number of fused-ring (bicyclic) bond motifs is 1. The van der Waals surface area contributed by atoms with Gasteiger partial charge in [-0.15, -0.1) is 0 Å². The second kappa shape index (κ2) is 5.12. The van der Waals surface area contributed by atoms with Gasteiger partial charge in [0.25, 0.3) is 5.56 Å². The third-order valence-corrected chi connectivity index (χ3v) is 4.14. The molecule has 0 unspecified atom stereocenters. The van der Waals surface area contributed by atoms with Gasteiger partial charge < -0.3 is 9.88 Å². The van der Waals surface area contributed by atoms with Crippen molar-refractivity contribution in [2.24, 2.45) is 5.92 Å². The van der Waals surface area contributed by atoms with E-state index >= 15 is 0 Å². The minimum atomic E-state index is 0.263. The summed E-state index contributed by atoms with van der Waals surface area (Å²) in [7, 11) is 0. The van der Waals surface area contributed by atoms with Crippen molar-refractivity contribution in [3.05, 3.63) is 33.2 Å². The number of nitrogens with zero attached hydrogens (tertiary/aromatic N) is 1. The van der Waals surface area contributed by atoms with Crippen molar-refractivity contribution in [2.75, 3.05) is 6.54 Å². The Morgan fingerprint density at radius 1 is 1.37 bits per heavy atom. The summed E-state index contributed by atoms with van der Waals surface area (Å²) in [4.78, 5) is 12.6. The number of rotatable bonds is 5. The zero-order valence-electron chi connectivity index (χ0n) is 12.0. The molecule has 3 heteroatoms. The fraction of sp³-hybridized carbons (Fsp3) is 0.688. The SMILES string of the molecule is CC(C)CNCc1cc2c(n(C3CC3)c1=O)CCC2. The van der Waals surface area contributed by atoms with Crippen LogP contribution in [0.2, 0.25) is 0 Å². The van der Waals surface area contributed by atoms with E-state index in [1.165, 1.54) is 30.5 Å². The maximum Gasteiger partial charge on any atom is 0.255 e. The Morgan fingerprint density at radius 3 is 2.84 bits per heavy atom. The lowest BCUT2D eigenvalue weighted by Crippen LogP contribution is -2.30. The number of hydrogen-bond donors (Lipinski definition) is 1. The van der Waals surface area contributed by atoms with Crippen LogP contribution >= 0.6 is 0 Å². The van der Waals surface area contributed by atoms with Crippen LogP contribution in [0.4, 0.5) is 0 Å². The van der Waals surface area contributed by atoms with Gasteiger partial charge in [0.1, 0.15) is 0 Å². The number of aryl methyl sites for hydroxylation is 1. The predicted octanol–water partition coefficient (Wildman–Crippen LogP) is 2.42. The molecule has 0 radical (unpaired) electrons. The van der Waals surface area contributed by atoms with Gasteiger partial charge in [0.2, 0.25) is 0 Å². The normalized spacial score (nSPS) is 18.1. The van der Waals surface area contributed by atoms with Crippen molar-refractivity contribution < 1.29 is 0 Å². The molecule has 3 rings (SSSR count). The second-order valence-corrected chi connectivity index (χ2v) is 6.43. The predicted molar refractivity (Wildman–Crippen MR) is 77.5 cm³/mol. The Kier molecular flexibility index (Phi) is 3.48. The molecule has 1 saturated carbocycles. The molecule has 2 aliphatic rings. The second-order valence-electron chi connectivity index (χ2n) is 6.43. The molecule has 0 atom stereocenters. The maximum atomic E-state index is 12.6. The van der Waals surface area contributed by atoms with Crippen LogP contribution in [-0.2, 0) is 19.4 Å². The van der Waals surface area contributed by atoms with Crippen LogP contribution < -0.4 is 10.9 Å². The van der Waals surface area contributed by atoms with E-state index in [0.717, 1.165) is 31.5 Å². The number of hydrogen-bond acceptors (Lipinski definition) is 2. The van der Waals surface area contributed by atoms with Gasteiger partial charge in [0.05, 0.1) is 0 Å². The molecule has 104 valence electrons. The van der Waals surface area contributed by atoms with E-state index < -0.39 is 0 Å². The van der Waals surface area contributed by atoms with Crippen LogP contribution in [0.5, 0.6) is 0 Å².